The summed E-state index contributed by atoms with van der Waals surface area (Å²) in [6.07, 6.45) is 4.36. The topological polar surface area (TPSA) is 53.6 Å². The monoisotopic (exact) mass is 283 g/mol. The molecule has 0 aliphatic carbocycles. The van der Waals surface area contributed by atoms with Crippen molar-refractivity contribution in [3.63, 3.8) is 0 Å². The van der Waals surface area contributed by atoms with E-state index >= 15 is 0 Å². The van der Waals surface area contributed by atoms with E-state index in [0.717, 1.165) is 39.0 Å². The second-order valence-corrected chi connectivity index (χ2v) is 6.90. The van der Waals surface area contributed by atoms with E-state index in [2.05, 4.69) is 10.6 Å². The molecule has 0 aromatic rings. The van der Waals surface area contributed by atoms with E-state index in [1.165, 1.54) is 12.8 Å². The SMILES string of the molecule is CC(C)(C)OC(=O)N1CCCC1CNC1CCNCC1. The van der Waals surface area contributed by atoms with Gasteiger partial charge in [0.25, 0.3) is 0 Å². The maximum Gasteiger partial charge on any atom is 0.410 e. The van der Waals surface area contributed by atoms with Crippen LogP contribution in [0.4, 0.5) is 4.79 Å². The summed E-state index contributed by atoms with van der Waals surface area (Å²) in [5.41, 5.74) is -0.410. The molecule has 2 heterocycles. The molecule has 5 heteroatoms. The van der Waals surface area contributed by atoms with Crippen LogP contribution in [0.15, 0.2) is 0 Å². The van der Waals surface area contributed by atoms with Crippen LogP contribution in [0.25, 0.3) is 0 Å². The van der Waals surface area contributed by atoms with Crippen LogP contribution < -0.4 is 10.6 Å². The molecule has 1 atom stereocenters. The first kappa shape index (κ1) is 15.6. The number of hydrogen-bond acceptors (Lipinski definition) is 4. The van der Waals surface area contributed by atoms with Gasteiger partial charge in [-0.3, -0.25) is 0 Å². The minimum atomic E-state index is -0.410. The normalized spacial score (nSPS) is 24.9. The molecule has 20 heavy (non-hydrogen) atoms. The molecule has 2 aliphatic rings. The summed E-state index contributed by atoms with van der Waals surface area (Å²) in [5.74, 6) is 0. The molecule has 116 valence electrons. The quantitative estimate of drug-likeness (QED) is 0.828. The minimum absolute atomic E-state index is 0.160. The summed E-state index contributed by atoms with van der Waals surface area (Å²) >= 11 is 0. The predicted molar refractivity (Wildman–Crippen MR) is 79.9 cm³/mol. The molecular formula is C15H29N3O2. The molecular weight excluding hydrogens is 254 g/mol. The Morgan fingerprint density at radius 1 is 1.30 bits per heavy atom. The van der Waals surface area contributed by atoms with Crippen molar-refractivity contribution in [2.45, 2.75) is 64.1 Å². The van der Waals surface area contributed by atoms with Gasteiger partial charge in [-0.25, -0.2) is 4.79 Å². The molecule has 0 aromatic carbocycles. The van der Waals surface area contributed by atoms with Crippen LogP contribution in [0.1, 0.15) is 46.5 Å². The highest BCUT2D eigenvalue weighted by Crippen LogP contribution is 2.20. The number of rotatable bonds is 3. The molecule has 5 nitrogen and oxygen atoms in total. The number of ether oxygens (including phenoxy) is 1. The minimum Gasteiger partial charge on any atom is -0.444 e. The number of nitrogens with zero attached hydrogens (tertiary/aromatic N) is 1. The van der Waals surface area contributed by atoms with E-state index in [1.54, 1.807) is 0 Å². The molecule has 0 aromatic heterocycles. The van der Waals surface area contributed by atoms with E-state index in [4.69, 9.17) is 4.74 Å². The second kappa shape index (κ2) is 6.76. The van der Waals surface area contributed by atoms with Crippen molar-refractivity contribution >= 4 is 6.09 Å². The van der Waals surface area contributed by atoms with E-state index in [0.29, 0.717) is 12.1 Å². The highest BCUT2D eigenvalue weighted by molar-refractivity contribution is 5.69. The van der Waals surface area contributed by atoms with Gasteiger partial charge < -0.3 is 20.3 Å². The molecule has 2 saturated heterocycles. The number of nitrogens with one attached hydrogen (secondary N) is 2. The molecule has 0 bridgehead atoms. The van der Waals surface area contributed by atoms with Crippen molar-refractivity contribution < 1.29 is 9.53 Å². The third kappa shape index (κ3) is 4.63. The van der Waals surface area contributed by atoms with Gasteiger partial charge in [-0.15, -0.1) is 0 Å². The largest absolute Gasteiger partial charge is 0.444 e. The lowest BCUT2D eigenvalue weighted by atomic mass is 10.1. The Hall–Kier alpha value is -0.810. The molecule has 2 aliphatic heterocycles. The highest BCUT2D eigenvalue weighted by atomic mass is 16.6. The zero-order chi connectivity index (χ0) is 14.6. The lowest BCUT2D eigenvalue weighted by molar-refractivity contribution is 0.0224. The molecule has 2 fully saturated rings. The molecule has 0 radical (unpaired) electrons. The number of piperidine rings is 1. The Morgan fingerprint density at radius 2 is 2.00 bits per heavy atom. The maximum absolute atomic E-state index is 12.2. The number of hydrogen-bond donors (Lipinski definition) is 2. The standard InChI is InChI=1S/C15H29N3O2/c1-15(2,3)20-14(19)18-10-4-5-13(18)11-17-12-6-8-16-9-7-12/h12-13,16-17H,4-11H2,1-3H3. The maximum atomic E-state index is 12.2. The first-order valence-corrected chi connectivity index (χ1v) is 7.89. The second-order valence-electron chi connectivity index (χ2n) is 6.90. The fourth-order valence-corrected chi connectivity index (χ4v) is 2.94. The van der Waals surface area contributed by atoms with Gasteiger partial charge in [0.05, 0.1) is 0 Å². The van der Waals surface area contributed by atoms with Gasteiger partial charge in [-0.2, -0.15) is 0 Å². The van der Waals surface area contributed by atoms with Gasteiger partial charge in [-0.05, 0) is 59.5 Å². The molecule has 0 spiro atoms. The lowest BCUT2D eigenvalue weighted by Crippen LogP contribution is -2.48. The van der Waals surface area contributed by atoms with Crippen molar-refractivity contribution in [2.24, 2.45) is 0 Å². The zero-order valence-corrected chi connectivity index (χ0v) is 13.1. The van der Waals surface area contributed by atoms with E-state index < -0.39 is 5.60 Å². The van der Waals surface area contributed by atoms with Gasteiger partial charge in [0, 0.05) is 25.2 Å². The third-order valence-corrected chi connectivity index (χ3v) is 3.99. The van der Waals surface area contributed by atoms with Crippen LogP contribution in [0, 0.1) is 0 Å². The van der Waals surface area contributed by atoms with Crippen LogP contribution in [0.2, 0.25) is 0 Å². The Kier molecular flexibility index (Phi) is 5.27. The van der Waals surface area contributed by atoms with Crippen LogP contribution in [0.5, 0.6) is 0 Å². The first-order valence-electron chi connectivity index (χ1n) is 7.89. The van der Waals surface area contributed by atoms with Gasteiger partial charge >= 0.3 is 6.09 Å². The van der Waals surface area contributed by atoms with E-state index in [9.17, 15) is 4.79 Å². The van der Waals surface area contributed by atoms with Crippen molar-refractivity contribution in [1.82, 2.24) is 15.5 Å². The Bertz CT molecular complexity index is 322. The van der Waals surface area contributed by atoms with E-state index in [1.807, 2.05) is 25.7 Å². The summed E-state index contributed by atoms with van der Waals surface area (Å²) < 4.78 is 5.49. The lowest BCUT2D eigenvalue weighted by Gasteiger charge is -2.30. The van der Waals surface area contributed by atoms with Crippen molar-refractivity contribution in [3.05, 3.63) is 0 Å². The van der Waals surface area contributed by atoms with Crippen LogP contribution >= 0.6 is 0 Å². The average Bonchev–Trinajstić information content (AvgIpc) is 2.84. The van der Waals surface area contributed by atoms with E-state index in [-0.39, 0.29) is 6.09 Å². The summed E-state index contributed by atoms with van der Waals surface area (Å²) in [6.45, 7) is 9.67. The first-order chi connectivity index (χ1) is 9.46. The Labute approximate surface area is 122 Å². The summed E-state index contributed by atoms with van der Waals surface area (Å²) in [6, 6.07) is 0.886. The molecule has 2 N–H and O–H groups in total. The molecule has 0 saturated carbocycles. The highest BCUT2D eigenvalue weighted by Gasteiger charge is 2.32. The van der Waals surface area contributed by atoms with Gasteiger partial charge in [0.2, 0.25) is 0 Å². The average molecular weight is 283 g/mol. The Morgan fingerprint density at radius 3 is 2.65 bits per heavy atom. The third-order valence-electron chi connectivity index (χ3n) is 3.99. The number of amides is 1. The zero-order valence-electron chi connectivity index (χ0n) is 13.1. The molecule has 1 unspecified atom stereocenters. The van der Waals surface area contributed by atoms with Crippen LogP contribution in [0.3, 0.4) is 0 Å². The number of carbonyl (C=O) groups is 1. The molecule has 1 amide bonds. The summed E-state index contributed by atoms with van der Waals surface area (Å²) in [5, 5.41) is 6.99. The van der Waals surface area contributed by atoms with Crippen molar-refractivity contribution in [3.8, 4) is 0 Å². The van der Waals surface area contributed by atoms with Crippen molar-refractivity contribution in [2.75, 3.05) is 26.2 Å². The fourth-order valence-electron chi connectivity index (χ4n) is 2.94. The predicted octanol–water partition coefficient (Wildman–Crippen LogP) is 1.73. The summed E-state index contributed by atoms with van der Waals surface area (Å²) in [7, 11) is 0. The fraction of sp³-hybridized carbons (Fsp3) is 0.933. The van der Waals surface area contributed by atoms with Crippen LogP contribution in [-0.2, 0) is 4.74 Å². The molecule has 2 rings (SSSR count). The Balaban J connectivity index is 1.79. The number of likely N-dealkylation sites (tertiary alicyclic amines) is 1. The number of carbonyl (C=O) groups excluding carboxylic acids is 1. The smallest absolute Gasteiger partial charge is 0.410 e. The van der Waals surface area contributed by atoms with Crippen molar-refractivity contribution in [1.29, 1.82) is 0 Å². The van der Waals surface area contributed by atoms with Gasteiger partial charge in [-0.1, -0.05) is 0 Å². The summed E-state index contributed by atoms with van der Waals surface area (Å²) in [4.78, 5) is 14.1. The van der Waals surface area contributed by atoms with Crippen LogP contribution in [-0.4, -0.2) is 54.9 Å². The van der Waals surface area contributed by atoms with Gasteiger partial charge in [0.1, 0.15) is 5.60 Å². The van der Waals surface area contributed by atoms with Gasteiger partial charge in [0.15, 0.2) is 0 Å².